The van der Waals surface area contributed by atoms with Crippen LogP contribution in [0.25, 0.3) is 0 Å². The monoisotopic (exact) mass is 359 g/mol. The van der Waals surface area contributed by atoms with E-state index in [0.29, 0.717) is 27.1 Å². The molecule has 0 fully saturated rings. The molecule has 1 amide bonds. The standard InChI is InChI=1S/C17H11Cl2N3O2/c18-10-5-1-3-7-12(10)20-14-9-15(23)17(24)22-16(14)21-13-8-4-2-6-11(13)19/h1-9,20H,(H,21,22,24). The number of amides is 1. The van der Waals surface area contributed by atoms with Gasteiger partial charge in [0.15, 0.2) is 5.84 Å². The number of para-hydroxylation sites is 2. The second-order valence-corrected chi connectivity index (χ2v) is 5.71. The average Bonchev–Trinajstić information content (AvgIpc) is 2.56. The third-order valence-electron chi connectivity index (χ3n) is 3.22. The Labute approximate surface area is 148 Å². The van der Waals surface area contributed by atoms with Gasteiger partial charge in [0.1, 0.15) is 0 Å². The summed E-state index contributed by atoms with van der Waals surface area (Å²) in [4.78, 5) is 27.1. The van der Waals surface area contributed by atoms with Crippen molar-refractivity contribution in [1.82, 2.24) is 0 Å². The Morgan fingerprint density at radius 3 is 1.92 bits per heavy atom. The molecule has 0 bridgehead atoms. The van der Waals surface area contributed by atoms with Gasteiger partial charge >= 0.3 is 5.91 Å². The number of hydrogen-bond acceptors (Lipinski definition) is 4. The van der Waals surface area contributed by atoms with E-state index in [2.05, 4.69) is 15.6 Å². The lowest BCUT2D eigenvalue weighted by atomic mass is 10.2. The largest absolute Gasteiger partial charge is 0.351 e. The van der Waals surface area contributed by atoms with Crippen molar-refractivity contribution in [3.05, 3.63) is 70.3 Å². The van der Waals surface area contributed by atoms with E-state index in [9.17, 15) is 9.59 Å². The molecule has 7 heteroatoms. The van der Waals surface area contributed by atoms with Crippen LogP contribution >= 0.6 is 23.2 Å². The predicted molar refractivity (Wildman–Crippen MR) is 95.7 cm³/mol. The molecule has 2 aromatic carbocycles. The maximum absolute atomic E-state index is 11.7. The van der Waals surface area contributed by atoms with E-state index in [4.69, 9.17) is 23.2 Å². The van der Waals surface area contributed by atoms with Crippen LogP contribution in [0.5, 0.6) is 0 Å². The molecular weight excluding hydrogens is 349 g/mol. The van der Waals surface area contributed by atoms with Gasteiger partial charge < -0.3 is 10.6 Å². The van der Waals surface area contributed by atoms with Crippen LogP contribution in [0.3, 0.4) is 0 Å². The maximum atomic E-state index is 11.7. The van der Waals surface area contributed by atoms with Crippen molar-refractivity contribution in [3.8, 4) is 0 Å². The van der Waals surface area contributed by atoms with Crippen molar-refractivity contribution in [2.24, 2.45) is 4.99 Å². The Balaban J connectivity index is 1.93. The molecule has 0 aliphatic carbocycles. The minimum Gasteiger partial charge on any atom is -0.351 e. The highest BCUT2D eigenvalue weighted by Gasteiger charge is 2.23. The molecule has 0 radical (unpaired) electrons. The summed E-state index contributed by atoms with van der Waals surface area (Å²) in [5, 5.41) is 6.90. The first-order chi connectivity index (χ1) is 11.5. The molecule has 1 aliphatic heterocycles. The average molecular weight is 360 g/mol. The summed E-state index contributed by atoms with van der Waals surface area (Å²) in [5.41, 5.74) is 1.47. The van der Waals surface area contributed by atoms with E-state index in [1.807, 2.05) is 0 Å². The lowest BCUT2D eigenvalue weighted by Crippen LogP contribution is -2.29. The van der Waals surface area contributed by atoms with E-state index >= 15 is 0 Å². The van der Waals surface area contributed by atoms with Crippen molar-refractivity contribution < 1.29 is 9.59 Å². The summed E-state index contributed by atoms with van der Waals surface area (Å²) in [6.45, 7) is 0. The molecule has 1 heterocycles. The molecule has 5 nitrogen and oxygen atoms in total. The van der Waals surface area contributed by atoms with E-state index in [1.165, 1.54) is 6.08 Å². The fraction of sp³-hybridized carbons (Fsp3) is 0. The van der Waals surface area contributed by atoms with Gasteiger partial charge in [-0.25, -0.2) is 0 Å². The topological polar surface area (TPSA) is 70.6 Å². The molecule has 0 atom stereocenters. The first-order valence-corrected chi connectivity index (χ1v) is 7.72. The number of carbonyl (C=O) groups excluding carboxylic acids is 2. The molecule has 0 unspecified atom stereocenters. The molecule has 1 aliphatic rings. The van der Waals surface area contributed by atoms with E-state index < -0.39 is 11.7 Å². The zero-order chi connectivity index (χ0) is 17.1. The van der Waals surface area contributed by atoms with Crippen molar-refractivity contribution in [3.63, 3.8) is 0 Å². The van der Waals surface area contributed by atoms with Crippen LogP contribution in [-0.4, -0.2) is 17.5 Å². The van der Waals surface area contributed by atoms with Crippen LogP contribution in [-0.2, 0) is 9.59 Å². The van der Waals surface area contributed by atoms with Gasteiger partial charge in [-0.3, -0.25) is 9.59 Å². The highest BCUT2D eigenvalue weighted by molar-refractivity contribution is 6.46. The number of hydrogen-bond donors (Lipinski definition) is 2. The first kappa shape index (κ1) is 16.2. The van der Waals surface area contributed by atoms with Crippen molar-refractivity contribution in [1.29, 1.82) is 0 Å². The van der Waals surface area contributed by atoms with Crippen molar-refractivity contribution in [2.75, 3.05) is 10.6 Å². The van der Waals surface area contributed by atoms with Crippen molar-refractivity contribution in [2.45, 2.75) is 0 Å². The maximum Gasteiger partial charge on any atom is 0.319 e. The lowest BCUT2D eigenvalue weighted by molar-refractivity contribution is -0.133. The fourth-order valence-corrected chi connectivity index (χ4v) is 2.43. The summed E-state index contributed by atoms with van der Waals surface area (Å²) in [7, 11) is 0. The van der Waals surface area contributed by atoms with Crippen LogP contribution in [0.2, 0.25) is 10.0 Å². The summed E-state index contributed by atoms with van der Waals surface area (Å²) >= 11 is 12.2. The Bertz CT molecular complexity index is 817. The summed E-state index contributed by atoms with van der Waals surface area (Å²) in [6, 6.07) is 14.0. The first-order valence-electron chi connectivity index (χ1n) is 6.97. The number of ketones is 1. The van der Waals surface area contributed by atoms with Gasteiger partial charge in [-0.15, -0.1) is 0 Å². The quantitative estimate of drug-likeness (QED) is 0.815. The Morgan fingerprint density at radius 1 is 0.792 bits per heavy atom. The number of dihydropyridines is 1. The third kappa shape index (κ3) is 3.48. The van der Waals surface area contributed by atoms with Gasteiger partial charge in [0.2, 0.25) is 5.78 Å². The molecule has 0 saturated carbocycles. The van der Waals surface area contributed by atoms with E-state index in [1.54, 1.807) is 48.5 Å². The second kappa shape index (κ2) is 6.86. The van der Waals surface area contributed by atoms with E-state index in [0.717, 1.165) is 0 Å². The number of nitrogens with zero attached hydrogens (tertiary/aromatic N) is 1. The number of benzene rings is 2. The number of nitrogens with one attached hydrogen (secondary N) is 2. The number of aliphatic imine (C=N–C) groups is 1. The molecule has 3 rings (SSSR count). The minimum atomic E-state index is -0.853. The zero-order valence-electron chi connectivity index (χ0n) is 12.2. The molecule has 0 saturated heterocycles. The normalized spacial score (nSPS) is 14.1. The van der Waals surface area contributed by atoms with Crippen LogP contribution in [0.1, 0.15) is 0 Å². The number of rotatable bonds is 3. The minimum absolute atomic E-state index is 0.188. The van der Waals surface area contributed by atoms with Gasteiger partial charge in [0.05, 0.1) is 27.1 Å². The molecule has 2 N–H and O–H groups in total. The zero-order valence-corrected chi connectivity index (χ0v) is 13.7. The summed E-state index contributed by atoms with van der Waals surface area (Å²) in [6.07, 6.45) is 1.18. The highest BCUT2D eigenvalue weighted by Crippen LogP contribution is 2.25. The Morgan fingerprint density at radius 2 is 1.33 bits per heavy atom. The molecule has 24 heavy (non-hydrogen) atoms. The summed E-state index contributed by atoms with van der Waals surface area (Å²) < 4.78 is 0. The van der Waals surface area contributed by atoms with Crippen LogP contribution < -0.4 is 10.6 Å². The molecule has 2 aromatic rings. The predicted octanol–water partition coefficient (Wildman–Crippen LogP) is 3.91. The van der Waals surface area contributed by atoms with Gasteiger partial charge in [-0.05, 0) is 24.3 Å². The van der Waals surface area contributed by atoms with Gasteiger partial charge in [-0.1, -0.05) is 47.5 Å². The van der Waals surface area contributed by atoms with Crippen LogP contribution in [0, 0.1) is 0 Å². The number of halogens is 2. The fourth-order valence-electron chi connectivity index (χ4n) is 2.07. The molecular formula is C17H11Cl2N3O2. The molecule has 0 spiro atoms. The number of amidine groups is 1. The Kier molecular flexibility index (Phi) is 4.64. The van der Waals surface area contributed by atoms with E-state index in [-0.39, 0.29) is 5.84 Å². The third-order valence-corrected chi connectivity index (χ3v) is 3.88. The summed E-state index contributed by atoms with van der Waals surface area (Å²) in [5.74, 6) is -1.38. The highest BCUT2D eigenvalue weighted by atomic mass is 35.5. The number of anilines is 2. The van der Waals surface area contributed by atoms with Crippen molar-refractivity contribution >= 4 is 52.1 Å². The Hall–Kier alpha value is -2.63. The number of carbonyl (C=O) groups is 2. The van der Waals surface area contributed by atoms with Gasteiger partial charge in [0.25, 0.3) is 0 Å². The lowest BCUT2D eigenvalue weighted by Gasteiger charge is -2.18. The van der Waals surface area contributed by atoms with Gasteiger partial charge in [-0.2, -0.15) is 4.99 Å². The smallest absolute Gasteiger partial charge is 0.319 e. The van der Waals surface area contributed by atoms with Gasteiger partial charge in [0, 0.05) is 6.08 Å². The molecule has 120 valence electrons. The molecule has 0 aromatic heterocycles. The SMILES string of the molecule is O=C1C=C(Nc2ccccc2Cl)C(Nc2ccccc2Cl)=NC1=O. The van der Waals surface area contributed by atoms with Crippen LogP contribution in [0.4, 0.5) is 11.4 Å². The van der Waals surface area contributed by atoms with Crippen LogP contribution in [0.15, 0.2) is 65.3 Å². The second-order valence-electron chi connectivity index (χ2n) is 4.90.